The van der Waals surface area contributed by atoms with Crippen molar-refractivity contribution in [1.82, 2.24) is 0 Å². The molecule has 0 atom stereocenters. The monoisotopic (exact) mass is 312 g/mol. The Morgan fingerprint density at radius 2 is 0.636 bits per heavy atom. The van der Waals surface area contributed by atoms with Crippen LogP contribution in [0.1, 0.15) is 123 Å². The van der Waals surface area contributed by atoms with Gasteiger partial charge in [-0.25, -0.2) is 0 Å². The summed E-state index contributed by atoms with van der Waals surface area (Å²) in [6.07, 6.45) is 23.9. The average molecular weight is 313 g/mol. The van der Waals surface area contributed by atoms with Crippen LogP contribution in [0.25, 0.3) is 0 Å². The third-order valence-corrected chi connectivity index (χ3v) is 4.53. The molecule has 0 saturated heterocycles. The minimum atomic E-state index is 0.978. The first-order valence-corrected chi connectivity index (χ1v) is 10.5. The van der Waals surface area contributed by atoms with Crippen molar-refractivity contribution in [2.75, 3.05) is 13.2 Å². The molecule has 22 heavy (non-hydrogen) atoms. The summed E-state index contributed by atoms with van der Waals surface area (Å²) < 4.78 is 5.64. The van der Waals surface area contributed by atoms with Gasteiger partial charge in [-0.3, -0.25) is 0 Å². The molecule has 0 saturated carbocycles. The topological polar surface area (TPSA) is 9.23 Å². The number of ether oxygens (including phenoxy) is 1. The van der Waals surface area contributed by atoms with Gasteiger partial charge in [-0.1, -0.05) is 110 Å². The van der Waals surface area contributed by atoms with E-state index in [1.165, 1.54) is 109 Å². The Morgan fingerprint density at radius 3 is 1.05 bits per heavy atom. The third-order valence-electron chi connectivity index (χ3n) is 4.53. The van der Waals surface area contributed by atoms with Gasteiger partial charge >= 0.3 is 0 Å². The molecule has 0 aromatic carbocycles. The van der Waals surface area contributed by atoms with Gasteiger partial charge in [-0.15, -0.1) is 0 Å². The van der Waals surface area contributed by atoms with E-state index >= 15 is 0 Å². The lowest BCUT2D eigenvalue weighted by Crippen LogP contribution is -1.96. The Labute approximate surface area is 141 Å². The van der Waals surface area contributed by atoms with Gasteiger partial charge in [0.15, 0.2) is 0 Å². The molecule has 0 aliphatic rings. The van der Waals surface area contributed by atoms with Crippen LogP contribution < -0.4 is 0 Å². The summed E-state index contributed by atoms with van der Waals surface area (Å²) in [6, 6.07) is 0. The molecule has 0 heterocycles. The maximum absolute atomic E-state index is 5.64. The van der Waals surface area contributed by atoms with Gasteiger partial charge in [-0.05, 0) is 12.8 Å². The highest BCUT2D eigenvalue weighted by molar-refractivity contribution is 4.49. The molecular formula is C21H44O. The zero-order valence-electron chi connectivity index (χ0n) is 15.8. The zero-order chi connectivity index (χ0) is 16.1. The standard InChI is InChI=1S/C21H44O/c1-3-5-7-8-9-10-11-12-13-14-15-16-17-19-21-22-20-18-6-4-2/h3-21H2,1-2H3. The molecule has 0 fully saturated rings. The average Bonchev–Trinajstić information content (AvgIpc) is 2.54. The fourth-order valence-electron chi connectivity index (χ4n) is 2.95. The maximum atomic E-state index is 5.64. The van der Waals surface area contributed by atoms with E-state index in [0.717, 1.165) is 13.2 Å². The van der Waals surface area contributed by atoms with Crippen LogP contribution in [0.4, 0.5) is 0 Å². The molecule has 0 radical (unpaired) electrons. The molecule has 0 aliphatic carbocycles. The van der Waals surface area contributed by atoms with Gasteiger partial charge in [0.1, 0.15) is 0 Å². The van der Waals surface area contributed by atoms with Crippen molar-refractivity contribution in [1.29, 1.82) is 0 Å². The van der Waals surface area contributed by atoms with Gasteiger partial charge in [0.25, 0.3) is 0 Å². The Morgan fingerprint density at radius 1 is 0.364 bits per heavy atom. The Hall–Kier alpha value is -0.0400. The van der Waals surface area contributed by atoms with E-state index in [1.54, 1.807) is 0 Å². The van der Waals surface area contributed by atoms with Gasteiger partial charge in [0.05, 0.1) is 0 Å². The number of hydrogen-bond donors (Lipinski definition) is 0. The molecule has 0 N–H and O–H groups in total. The molecule has 0 aliphatic heterocycles. The number of hydrogen-bond acceptors (Lipinski definition) is 1. The van der Waals surface area contributed by atoms with E-state index < -0.39 is 0 Å². The predicted molar refractivity (Wildman–Crippen MR) is 101 cm³/mol. The van der Waals surface area contributed by atoms with Crippen molar-refractivity contribution in [2.45, 2.75) is 123 Å². The zero-order valence-corrected chi connectivity index (χ0v) is 15.8. The second-order valence-electron chi connectivity index (χ2n) is 6.92. The number of unbranched alkanes of at least 4 members (excludes halogenated alkanes) is 15. The second-order valence-corrected chi connectivity index (χ2v) is 6.92. The lowest BCUT2D eigenvalue weighted by molar-refractivity contribution is 0.126. The molecular weight excluding hydrogens is 268 g/mol. The largest absolute Gasteiger partial charge is 0.381 e. The van der Waals surface area contributed by atoms with E-state index in [-0.39, 0.29) is 0 Å². The highest BCUT2D eigenvalue weighted by Gasteiger charge is 1.94. The van der Waals surface area contributed by atoms with Crippen LogP contribution in [0.15, 0.2) is 0 Å². The molecule has 0 amide bonds. The number of rotatable bonds is 19. The van der Waals surface area contributed by atoms with Crippen LogP contribution in [0.5, 0.6) is 0 Å². The Bertz CT molecular complexity index is 159. The summed E-state index contributed by atoms with van der Waals surface area (Å²) in [4.78, 5) is 0. The van der Waals surface area contributed by atoms with Gasteiger partial charge in [0.2, 0.25) is 0 Å². The van der Waals surface area contributed by atoms with Crippen LogP contribution in [0.3, 0.4) is 0 Å². The molecule has 1 nitrogen and oxygen atoms in total. The van der Waals surface area contributed by atoms with Crippen LogP contribution in [0, 0.1) is 0 Å². The SMILES string of the molecule is CCCCCCCCCCCCCCCCOCCCCC. The van der Waals surface area contributed by atoms with Crippen molar-refractivity contribution < 1.29 is 4.74 Å². The van der Waals surface area contributed by atoms with E-state index in [1.807, 2.05) is 0 Å². The smallest absolute Gasteiger partial charge is 0.0466 e. The van der Waals surface area contributed by atoms with E-state index in [0.29, 0.717) is 0 Å². The predicted octanol–water partition coefficient (Wildman–Crippen LogP) is 7.67. The first-order valence-electron chi connectivity index (χ1n) is 10.5. The highest BCUT2D eigenvalue weighted by Crippen LogP contribution is 2.12. The van der Waals surface area contributed by atoms with E-state index in [4.69, 9.17) is 4.74 Å². The molecule has 134 valence electrons. The van der Waals surface area contributed by atoms with Crippen molar-refractivity contribution in [3.05, 3.63) is 0 Å². The van der Waals surface area contributed by atoms with E-state index in [2.05, 4.69) is 13.8 Å². The molecule has 0 rings (SSSR count). The van der Waals surface area contributed by atoms with Gasteiger partial charge < -0.3 is 4.74 Å². The second kappa shape index (κ2) is 21.0. The van der Waals surface area contributed by atoms with Crippen molar-refractivity contribution >= 4 is 0 Å². The Balaban J connectivity index is 2.91. The molecule has 1 heteroatoms. The fourth-order valence-corrected chi connectivity index (χ4v) is 2.95. The van der Waals surface area contributed by atoms with Crippen LogP contribution in [-0.2, 0) is 4.74 Å². The summed E-state index contributed by atoms with van der Waals surface area (Å²) in [7, 11) is 0. The van der Waals surface area contributed by atoms with Crippen molar-refractivity contribution in [2.24, 2.45) is 0 Å². The van der Waals surface area contributed by atoms with Gasteiger partial charge in [0, 0.05) is 13.2 Å². The van der Waals surface area contributed by atoms with E-state index in [9.17, 15) is 0 Å². The molecule has 0 unspecified atom stereocenters. The normalized spacial score (nSPS) is 11.2. The third kappa shape index (κ3) is 20.0. The van der Waals surface area contributed by atoms with Crippen LogP contribution in [-0.4, -0.2) is 13.2 Å². The van der Waals surface area contributed by atoms with Crippen LogP contribution >= 0.6 is 0 Å². The summed E-state index contributed by atoms with van der Waals surface area (Å²) in [6.45, 7) is 6.50. The summed E-state index contributed by atoms with van der Waals surface area (Å²) in [5, 5.41) is 0. The minimum Gasteiger partial charge on any atom is -0.381 e. The maximum Gasteiger partial charge on any atom is 0.0466 e. The molecule has 0 spiro atoms. The summed E-state index contributed by atoms with van der Waals surface area (Å²) in [5.41, 5.74) is 0. The lowest BCUT2D eigenvalue weighted by Gasteiger charge is -2.04. The molecule has 0 aromatic heterocycles. The summed E-state index contributed by atoms with van der Waals surface area (Å²) in [5.74, 6) is 0. The molecule has 0 aromatic rings. The van der Waals surface area contributed by atoms with Crippen molar-refractivity contribution in [3.63, 3.8) is 0 Å². The van der Waals surface area contributed by atoms with Gasteiger partial charge in [-0.2, -0.15) is 0 Å². The van der Waals surface area contributed by atoms with Crippen LogP contribution in [0.2, 0.25) is 0 Å². The highest BCUT2D eigenvalue weighted by atomic mass is 16.5. The fraction of sp³-hybridized carbons (Fsp3) is 1.00. The quantitative estimate of drug-likeness (QED) is 0.222. The first-order chi connectivity index (χ1) is 10.9. The Kier molecular flexibility index (Phi) is 20.9. The summed E-state index contributed by atoms with van der Waals surface area (Å²) >= 11 is 0. The van der Waals surface area contributed by atoms with Crippen molar-refractivity contribution in [3.8, 4) is 0 Å². The molecule has 0 bridgehead atoms. The first kappa shape index (κ1) is 22.0. The lowest BCUT2D eigenvalue weighted by atomic mass is 10.0. The minimum absolute atomic E-state index is 0.978.